The lowest BCUT2D eigenvalue weighted by Gasteiger charge is -2.26. The van der Waals surface area contributed by atoms with E-state index in [-0.39, 0.29) is 22.4 Å². The molecule has 1 aromatic heterocycles. The quantitative estimate of drug-likeness (QED) is 0.117. The van der Waals surface area contributed by atoms with Crippen LogP contribution in [0.3, 0.4) is 0 Å². The van der Waals surface area contributed by atoms with Crippen LogP contribution in [-0.2, 0) is 4.79 Å². The zero-order valence-electron chi connectivity index (χ0n) is 29.4. The summed E-state index contributed by atoms with van der Waals surface area (Å²) < 4.78 is 23.3. The van der Waals surface area contributed by atoms with Crippen molar-refractivity contribution in [2.24, 2.45) is 5.73 Å². The Morgan fingerprint density at radius 2 is 1.67 bits per heavy atom. The van der Waals surface area contributed by atoms with Gasteiger partial charge in [-0.3, -0.25) is 14.4 Å². The highest BCUT2D eigenvalue weighted by Crippen LogP contribution is 2.46. The molecule has 1 fully saturated rings. The van der Waals surface area contributed by atoms with Crippen molar-refractivity contribution in [3.63, 3.8) is 0 Å². The van der Waals surface area contributed by atoms with E-state index in [4.69, 9.17) is 10.5 Å². The van der Waals surface area contributed by atoms with Crippen LogP contribution in [0.4, 0.5) is 10.1 Å². The van der Waals surface area contributed by atoms with Crippen LogP contribution in [0.5, 0.6) is 11.5 Å². The minimum absolute atomic E-state index is 0.000135. The van der Waals surface area contributed by atoms with Gasteiger partial charge >= 0.3 is 0 Å². The molecule has 3 aromatic carbocycles. The average molecular weight is 662 g/mol. The molecular formula is C38H52FN5O4. The van der Waals surface area contributed by atoms with Crippen LogP contribution in [0.1, 0.15) is 83.5 Å². The van der Waals surface area contributed by atoms with Crippen LogP contribution in [0.2, 0.25) is 0 Å². The van der Waals surface area contributed by atoms with E-state index in [1.165, 1.54) is 38.5 Å². The number of anilines is 1. The van der Waals surface area contributed by atoms with Crippen molar-refractivity contribution < 1.29 is 18.7 Å². The van der Waals surface area contributed by atoms with Crippen LogP contribution in [0, 0.1) is 5.82 Å². The topological polar surface area (TPSA) is 110 Å². The molecule has 0 radical (unpaired) electrons. The van der Waals surface area contributed by atoms with Crippen molar-refractivity contribution in [1.29, 1.82) is 0 Å². The summed E-state index contributed by atoms with van der Waals surface area (Å²) in [7, 11) is 2.17. The molecule has 0 saturated carbocycles. The van der Waals surface area contributed by atoms with Crippen LogP contribution in [0.15, 0.2) is 53.5 Å². The molecule has 9 nitrogen and oxygen atoms in total. The fourth-order valence-electron chi connectivity index (χ4n) is 5.59. The lowest BCUT2D eigenvalue weighted by molar-refractivity contribution is -0.118. The molecule has 2 amide bonds. The molecule has 0 atom stereocenters. The minimum atomic E-state index is -0.892. The summed E-state index contributed by atoms with van der Waals surface area (Å²) in [6.45, 7) is 14.5. The number of benzene rings is 3. The third-order valence-corrected chi connectivity index (χ3v) is 7.96. The number of carbonyl (C=O) groups excluding carboxylic acids is 2. The highest BCUT2D eigenvalue weighted by molar-refractivity contribution is 6.01. The van der Waals surface area contributed by atoms with Gasteiger partial charge in [0.15, 0.2) is 17.3 Å². The van der Waals surface area contributed by atoms with E-state index in [0.717, 1.165) is 36.1 Å². The summed E-state index contributed by atoms with van der Waals surface area (Å²) in [5.41, 5.74) is 5.66. The summed E-state index contributed by atoms with van der Waals surface area (Å²) in [6, 6.07) is 12.5. The zero-order chi connectivity index (χ0) is 35.2. The van der Waals surface area contributed by atoms with Gasteiger partial charge in [0, 0.05) is 25.8 Å². The highest BCUT2D eigenvalue weighted by Gasteiger charge is 2.28. The minimum Gasteiger partial charge on any atom is -0.451 e. The van der Waals surface area contributed by atoms with Gasteiger partial charge in [-0.1, -0.05) is 71.7 Å². The number of amides is 2. The Morgan fingerprint density at radius 1 is 1.04 bits per heavy atom. The molecule has 0 spiro atoms. The van der Waals surface area contributed by atoms with E-state index in [0.29, 0.717) is 43.0 Å². The first-order valence-electron chi connectivity index (χ1n) is 17.3. The van der Waals surface area contributed by atoms with Crippen molar-refractivity contribution in [1.82, 2.24) is 14.4 Å². The highest BCUT2D eigenvalue weighted by atomic mass is 19.1. The number of likely N-dealkylation sites (tertiary alicyclic amines) is 1. The Kier molecular flexibility index (Phi) is 14.9. The maximum Gasteiger partial charge on any atom is 0.254 e. The number of carbonyl (C=O) groups is 2. The Hall–Kier alpha value is -4.44. The number of hydrogen-bond acceptors (Lipinski definition) is 6. The number of ether oxygens (including phenoxy) is 1. The van der Waals surface area contributed by atoms with Crippen molar-refractivity contribution >= 4 is 39.7 Å². The number of primary amides is 1. The second-order valence-electron chi connectivity index (χ2n) is 11.8. The number of nitrogens with two attached hydrogens (primary N) is 1. The van der Waals surface area contributed by atoms with Crippen molar-refractivity contribution in [2.75, 3.05) is 45.1 Å². The van der Waals surface area contributed by atoms with Gasteiger partial charge < -0.3 is 30.2 Å². The predicted molar refractivity (Wildman–Crippen MR) is 195 cm³/mol. The van der Waals surface area contributed by atoms with Gasteiger partial charge in [-0.15, -0.1) is 0 Å². The molecule has 2 aliphatic rings. The molecule has 0 unspecified atom stereocenters. The molecule has 4 aromatic rings. The standard InChI is InChI=1S/C28H27FN4O4.C5H11N.C3H8.C2H6/c1-2-3-10-32(16-34)11-6-9-31-24-21(29)14-19-25-27(24)37-23-13-18-8-5-4-7-17(18)12-22(23)33(25)15-20(26(19)35)28(30)36;1-6-4-2-3-5-6;1-3-2;1-2/h4-5,7-8,12-16,31H,2-3,6,9-11H2,1H3,(H2,30,36);2-5H2,1H3;3H2,1-2H3;1-2H3. The predicted octanol–water partition coefficient (Wildman–Crippen LogP) is 7.70. The molecule has 260 valence electrons. The van der Waals surface area contributed by atoms with Crippen LogP contribution >= 0.6 is 0 Å². The number of fused-ring (bicyclic) bond motifs is 3. The number of pyridine rings is 1. The molecule has 0 aliphatic carbocycles. The van der Waals surface area contributed by atoms with Gasteiger partial charge in [0.1, 0.15) is 16.8 Å². The van der Waals surface area contributed by atoms with Crippen molar-refractivity contribution in [2.45, 2.75) is 73.1 Å². The maximum atomic E-state index is 15.4. The SMILES string of the molecule is CC.CCC.CCCCN(C=O)CCCNc1c(F)cc2c(=O)c(C(N)=O)cn3c2c1Oc1cc2ccccc2cc1-3.CN1CCCC1. The molecule has 3 heterocycles. The van der Waals surface area contributed by atoms with Gasteiger partial charge in [0.05, 0.1) is 11.1 Å². The monoisotopic (exact) mass is 661 g/mol. The van der Waals surface area contributed by atoms with Crippen molar-refractivity contribution in [3.05, 3.63) is 70.3 Å². The normalized spacial score (nSPS) is 12.7. The van der Waals surface area contributed by atoms with Crippen LogP contribution in [0.25, 0.3) is 27.4 Å². The van der Waals surface area contributed by atoms with E-state index >= 15 is 4.39 Å². The van der Waals surface area contributed by atoms with Gasteiger partial charge in [0.25, 0.3) is 5.91 Å². The van der Waals surface area contributed by atoms with E-state index in [1.807, 2.05) is 50.2 Å². The molecule has 10 heteroatoms. The molecular weight excluding hydrogens is 609 g/mol. The number of rotatable bonds is 10. The second kappa shape index (κ2) is 18.8. The van der Waals surface area contributed by atoms with E-state index in [9.17, 15) is 14.4 Å². The number of aromatic nitrogens is 1. The Labute approximate surface area is 283 Å². The van der Waals surface area contributed by atoms with Gasteiger partial charge in [0.2, 0.25) is 11.8 Å². The largest absolute Gasteiger partial charge is 0.451 e. The summed E-state index contributed by atoms with van der Waals surface area (Å²) in [5, 5.41) is 4.95. The fraction of sp³-hybridized carbons (Fsp3) is 0.447. The number of halogens is 1. The van der Waals surface area contributed by atoms with E-state index in [2.05, 4.69) is 38.0 Å². The van der Waals surface area contributed by atoms with Crippen LogP contribution < -0.4 is 21.2 Å². The smallest absolute Gasteiger partial charge is 0.254 e. The van der Waals surface area contributed by atoms with E-state index in [1.54, 1.807) is 9.47 Å². The molecule has 48 heavy (non-hydrogen) atoms. The molecule has 6 rings (SSSR count). The van der Waals surface area contributed by atoms with Gasteiger partial charge in [-0.2, -0.15) is 0 Å². The third kappa shape index (κ3) is 9.13. The van der Waals surface area contributed by atoms with Gasteiger partial charge in [-0.05, 0) is 74.8 Å². The molecule has 2 aliphatic heterocycles. The number of nitrogens with one attached hydrogen (secondary N) is 1. The zero-order valence-corrected chi connectivity index (χ0v) is 29.4. The first-order chi connectivity index (χ1) is 23.2. The van der Waals surface area contributed by atoms with Crippen LogP contribution in [-0.4, -0.2) is 66.5 Å². The Bertz CT molecular complexity index is 1730. The fourth-order valence-corrected chi connectivity index (χ4v) is 5.59. The summed E-state index contributed by atoms with van der Waals surface area (Å²) in [4.78, 5) is 40.5. The Morgan fingerprint density at radius 3 is 2.23 bits per heavy atom. The first kappa shape index (κ1) is 38.0. The Balaban J connectivity index is 0.000000492. The third-order valence-electron chi connectivity index (χ3n) is 7.96. The average Bonchev–Trinajstić information content (AvgIpc) is 3.57. The summed E-state index contributed by atoms with van der Waals surface area (Å²) in [5.74, 6) is -0.970. The number of unbranched alkanes of at least 4 members (excludes halogenated alkanes) is 1. The lowest BCUT2D eigenvalue weighted by atomic mass is 10.0. The summed E-state index contributed by atoms with van der Waals surface area (Å²) >= 11 is 0. The molecule has 0 bridgehead atoms. The van der Waals surface area contributed by atoms with Crippen molar-refractivity contribution in [3.8, 4) is 17.2 Å². The molecule has 3 N–H and O–H groups in total. The second-order valence-corrected chi connectivity index (χ2v) is 11.8. The maximum absolute atomic E-state index is 15.4. The number of hydrogen-bond donors (Lipinski definition) is 2. The summed E-state index contributed by atoms with van der Waals surface area (Å²) in [6.07, 6.45) is 8.80. The van der Waals surface area contributed by atoms with Gasteiger partial charge in [-0.25, -0.2) is 4.39 Å². The first-order valence-corrected chi connectivity index (χ1v) is 17.3. The van der Waals surface area contributed by atoms with E-state index < -0.39 is 17.2 Å². The number of nitrogens with zero attached hydrogens (tertiary/aromatic N) is 3. The lowest BCUT2D eigenvalue weighted by Crippen LogP contribution is -2.26. The molecule has 1 saturated heterocycles.